The minimum Gasteiger partial charge on any atom is -0.310 e. The van der Waals surface area contributed by atoms with E-state index in [1.807, 2.05) is 0 Å². The summed E-state index contributed by atoms with van der Waals surface area (Å²) in [7, 11) is 0. The molecule has 0 spiro atoms. The van der Waals surface area contributed by atoms with Gasteiger partial charge in [-0.3, -0.25) is 0 Å². The van der Waals surface area contributed by atoms with Crippen molar-refractivity contribution in [1.82, 2.24) is 0 Å². The van der Waals surface area contributed by atoms with Crippen molar-refractivity contribution in [2.75, 3.05) is 9.80 Å². The molecule has 0 fully saturated rings. The molecule has 12 aromatic carbocycles. The molecular weight excluding hydrogens is 881 g/mol. The number of fused-ring (bicyclic) bond motifs is 15. The van der Waals surface area contributed by atoms with Gasteiger partial charge in [-0.1, -0.05) is 177 Å². The van der Waals surface area contributed by atoms with Crippen molar-refractivity contribution in [3.8, 4) is 11.1 Å². The Morgan fingerprint density at radius 2 is 0.534 bits per heavy atom. The molecule has 0 amide bonds. The highest BCUT2D eigenvalue weighted by Gasteiger charge is 2.37. The van der Waals surface area contributed by atoms with Gasteiger partial charge in [0.05, 0.1) is 0 Å². The molecule has 12 aromatic rings. The Bertz CT molecular complexity index is 4060. The zero-order valence-corrected chi connectivity index (χ0v) is 43.2. The molecule has 0 aromatic heterocycles. The highest BCUT2D eigenvalue weighted by atomic mass is 15.1. The van der Waals surface area contributed by atoms with E-state index in [-0.39, 0.29) is 16.2 Å². The number of nitrogens with zero attached hydrogens (tertiary/aromatic N) is 2. The first-order valence-corrected chi connectivity index (χ1v) is 26.0. The van der Waals surface area contributed by atoms with Gasteiger partial charge in [0.15, 0.2) is 0 Å². The predicted molar refractivity (Wildman–Crippen MR) is 316 cm³/mol. The molecule has 2 heteroatoms. The number of rotatable bonds is 6. The van der Waals surface area contributed by atoms with Gasteiger partial charge in [-0.15, -0.1) is 0 Å². The summed E-state index contributed by atoms with van der Waals surface area (Å²) in [4.78, 5) is 4.80. The van der Waals surface area contributed by atoms with E-state index in [1.54, 1.807) is 0 Å². The Morgan fingerprint density at radius 1 is 0.260 bits per heavy atom. The monoisotopic (exact) mass is 940 g/mol. The number of para-hydroxylation sites is 2. The fraction of sp³-hybridized carbons (Fsp3) is 0.155. The smallest absolute Gasteiger partial charge is 0.0468 e. The van der Waals surface area contributed by atoms with Crippen molar-refractivity contribution >= 4 is 98.8 Å². The van der Waals surface area contributed by atoms with Crippen molar-refractivity contribution < 1.29 is 0 Å². The van der Waals surface area contributed by atoms with Crippen LogP contribution in [0.15, 0.2) is 218 Å². The van der Waals surface area contributed by atoms with Crippen LogP contribution in [-0.2, 0) is 16.2 Å². The molecule has 354 valence electrons. The lowest BCUT2D eigenvalue weighted by atomic mass is 9.80. The van der Waals surface area contributed by atoms with E-state index in [1.165, 1.54) is 98.0 Å². The molecule has 0 unspecified atom stereocenters. The van der Waals surface area contributed by atoms with Gasteiger partial charge in [0, 0.05) is 39.5 Å². The van der Waals surface area contributed by atoms with Crippen LogP contribution in [0.1, 0.15) is 77.6 Å². The zero-order chi connectivity index (χ0) is 50.0. The molecule has 0 aliphatic heterocycles. The van der Waals surface area contributed by atoms with Crippen molar-refractivity contribution in [1.29, 1.82) is 0 Å². The number of hydrogen-bond donors (Lipinski definition) is 0. The van der Waals surface area contributed by atoms with Crippen LogP contribution >= 0.6 is 0 Å². The van der Waals surface area contributed by atoms with Gasteiger partial charge in [0.25, 0.3) is 0 Å². The highest BCUT2D eigenvalue weighted by Crippen LogP contribution is 2.54. The molecule has 0 atom stereocenters. The lowest BCUT2D eigenvalue weighted by Gasteiger charge is -2.28. The molecule has 0 saturated heterocycles. The average molecular weight is 941 g/mol. The quantitative estimate of drug-likeness (QED) is 0.153. The van der Waals surface area contributed by atoms with Crippen LogP contribution < -0.4 is 9.80 Å². The van der Waals surface area contributed by atoms with Crippen LogP contribution in [0, 0.1) is 0 Å². The predicted octanol–water partition coefficient (Wildman–Crippen LogP) is 20.4. The van der Waals surface area contributed by atoms with Gasteiger partial charge in [0.2, 0.25) is 0 Å². The van der Waals surface area contributed by atoms with E-state index in [0.29, 0.717) is 0 Å². The van der Waals surface area contributed by atoms with Crippen LogP contribution in [0.5, 0.6) is 0 Å². The molecule has 1 aliphatic rings. The molecule has 1 aliphatic carbocycles. The van der Waals surface area contributed by atoms with Crippen LogP contribution in [0.4, 0.5) is 34.1 Å². The third kappa shape index (κ3) is 7.21. The minimum absolute atomic E-state index is 0.0618. The SMILES string of the molecule is CC(C)(C)c1ccc(N(c2ccc(C(C)(C)C)cc2)c2ccc3c(c2)c2ccccc2c2cc4c(cc32)C(C)(C)c2cc3c5ccc(N(c6ccccc6)c6ccccc6)cc5c5ccccc5c3cc2-4)cc1. The second-order valence-corrected chi connectivity index (χ2v) is 23.0. The van der Waals surface area contributed by atoms with E-state index in [2.05, 4.69) is 284 Å². The van der Waals surface area contributed by atoms with Crippen molar-refractivity contribution in [3.63, 3.8) is 0 Å². The molecule has 0 heterocycles. The fourth-order valence-corrected chi connectivity index (χ4v) is 12.1. The highest BCUT2D eigenvalue weighted by molar-refractivity contribution is 6.29. The van der Waals surface area contributed by atoms with Gasteiger partial charge < -0.3 is 9.80 Å². The number of benzene rings is 12. The van der Waals surface area contributed by atoms with E-state index in [0.717, 1.165) is 34.1 Å². The molecule has 0 radical (unpaired) electrons. The van der Waals surface area contributed by atoms with E-state index in [9.17, 15) is 0 Å². The third-order valence-corrected chi connectivity index (χ3v) is 16.1. The Kier molecular flexibility index (Phi) is 10.1. The molecule has 73 heavy (non-hydrogen) atoms. The lowest BCUT2D eigenvalue weighted by molar-refractivity contribution is 0.590. The topological polar surface area (TPSA) is 6.48 Å². The van der Waals surface area contributed by atoms with Crippen LogP contribution in [0.3, 0.4) is 0 Å². The molecule has 0 bridgehead atoms. The maximum absolute atomic E-state index is 2.54. The van der Waals surface area contributed by atoms with E-state index < -0.39 is 0 Å². The maximum atomic E-state index is 2.54. The standard InChI is InChI=1S/C71H60N2/c1-69(2,3)45-27-31-49(32-28-45)73(50-33-29-46(30-34-50)70(4,5)6)52-36-38-58-60(40-52)54-24-16-18-26-56(54)62-42-66-65-41-61-55-25-17-15-23-53(55)59-39-51(72(47-19-11-9-12-20-47)48-21-13-10-14-22-48)35-37-57(59)63(61)43-67(65)71(7,8)68(66)44-64(58)62/h9-44H,1-8H3. The van der Waals surface area contributed by atoms with Crippen LogP contribution in [0.25, 0.3) is 75.8 Å². The summed E-state index contributed by atoms with van der Waals surface area (Å²) in [5, 5.41) is 15.3. The van der Waals surface area contributed by atoms with Crippen LogP contribution in [0.2, 0.25) is 0 Å². The first-order valence-electron chi connectivity index (χ1n) is 26.0. The summed E-state index contributed by atoms with van der Waals surface area (Å²) in [6, 6.07) is 82.2. The fourth-order valence-electron chi connectivity index (χ4n) is 12.1. The van der Waals surface area contributed by atoms with Gasteiger partial charge in [-0.2, -0.15) is 0 Å². The first-order chi connectivity index (χ1) is 35.2. The molecular formula is C71H60N2. The normalized spacial score (nSPS) is 13.3. The maximum Gasteiger partial charge on any atom is 0.0468 e. The first kappa shape index (κ1) is 44.7. The number of anilines is 6. The molecule has 0 N–H and O–H groups in total. The van der Waals surface area contributed by atoms with Crippen LogP contribution in [-0.4, -0.2) is 0 Å². The molecule has 0 saturated carbocycles. The Labute approximate surface area is 429 Å². The van der Waals surface area contributed by atoms with Gasteiger partial charge in [0.1, 0.15) is 0 Å². The average Bonchev–Trinajstić information content (AvgIpc) is 3.63. The molecule has 2 nitrogen and oxygen atoms in total. The van der Waals surface area contributed by atoms with E-state index in [4.69, 9.17) is 0 Å². The number of hydrogen-bond acceptors (Lipinski definition) is 2. The Morgan fingerprint density at radius 3 is 0.877 bits per heavy atom. The second-order valence-electron chi connectivity index (χ2n) is 23.0. The van der Waals surface area contributed by atoms with Crippen molar-refractivity contribution in [2.24, 2.45) is 0 Å². The van der Waals surface area contributed by atoms with Gasteiger partial charge in [-0.25, -0.2) is 0 Å². The Hall–Kier alpha value is -8.20. The van der Waals surface area contributed by atoms with Crippen molar-refractivity contribution in [2.45, 2.75) is 71.6 Å². The summed E-state index contributed by atoms with van der Waals surface area (Å²) < 4.78 is 0. The minimum atomic E-state index is -0.241. The van der Waals surface area contributed by atoms with Gasteiger partial charge in [-0.05, 0) is 206 Å². The summed E-state index contributed by atoms with van der Waals surface area (Å²) in [5.41, 5.74) is 14.8. The Balaban J connectivity index is 0.990. The lowest BCUT2D eigenvalue weighted by Crippen LogP contribution is -2.15. The largest absolute Gasteiger partial charge is 0.310 e. The second kappa shape index (κ2) is 16.4. The van der Waals surface area contributed by atoms with Crippen molar-refractivity contribution in [3.05, 3.63) is 241 Å². The van der Waals surface area contributed by atoms with E-state index >= 15 is 0 Å². The molecule has 13 rings (SSSR count). The summed E-state index contributed by atoms with van der Waals surface area (Å²) >= 11 is 0. The van der Waals surface area contributed by atoms with Gasteiger partial charge >= 0.3 is 0 Å². The summed E-state index contributed by atoms with van der Waals surface area (Å²) in [6.07, 6.45) is 0. The summed E-state index contributed by atoms with van der Waals surface area (Å²) in [6.45, 7) is 18.6. The zero-order valence-electron chi connectivity index (χ0n) is 43.2. The third-order valence-electron chi connectivity index (χ3n) is 16.1. The summed E-state index contributed by atoms with van der Waals surface area (Å²) in [5.74, 6) is 0.